The van der Waals surface area contributed by atoms with Gasteiger partial charge in [-0.15, -0.1) is 0 Å². The van der Waals surface area contributed by atoms with Crippen LogP contribution in [0.1, 0.15) is 75.7 Å². The molecule has 1 heterocycles. The molecule has 2 aromatic rings. The summed E-state index contributed by atoms with van der Waals surface area (Å²) >= 11 is 0. The first-order valence-electron chi connectivity index (χ1n) is 11.0. The molecule has 1 aromatic heterocycles. The maximum Gasteiger partial charge on any atom is 0.306 e. The van der Waals surface area contributed by atoms with Gasteiger partial charge in [0.05, 0.1) is 29.6 Å². The number of carboxylic acid groups (broad SMARTS) is 1. The molecule has 0 aliphatic heterocycles. The van der Waals surface area contributed by atoms with E-state index in [0.717, 1.165) is 56.9 Å². The molecule has 2 aliphatic carbocycles. The molecule has 0 radical (unpaired) electrons. The number of benzene rings is 1. The van der Waals surface area contributed by atoms with Gasteiger partial charge in [0.1, 0.15) is 5.82 Å². The summed E-state index contributed by atoms with van der Waals surface area (Å²) in [7, 11) is 0. The molecular weight excluding hydrogens is 387 g/mol. The summed E-state index contributed by atoms with van der Waals surface area (Å²) in [5.41, 5.74) is 1.67. The Morgan fingerprint density at radius 2 is 1.87 bits per heavy atom. The zero-order valence-corrected chi connectivity index (χ0v) is 17.1. The molecule has 0 saturated heterocycles. The SMILES string of the molecule is O=C(O)CCOc1c[nH]c2c(C3CCCC3)c(NC3CCCCC3)c(F)cc2c1=O. The number of halogens is 1. The lowest BCUT2D eigenvalue weighted by Crippen LogP contribution is -2.24. The van der Waals surface area contributed by atoms with Crippen molar-refractivity contribution in [2.75, 3.05) is 11.9 Å². The van der Waals surface area contributed by atoms with Crippen LogP contribution in [0.3, 0.4) is 0 Å². The number of carboxylic acids is 1. The summed E-state index contributed by atoms with van der Waals surface area (Å²) < 4.78 is 20.7. The molecule has 0 bridgehead atoms. The van der Waals surface area contributed by atoms with Crippen LogP contribution < -0.4 is 15.5 Å². The highest BCUT2D eigenvalue weighted by atomic mass is 19.1. The molecule has 0 atom stereocenters. The molecule has 2 aliphatic rings. The zero-order chi connectivity index (χ0) is 21.1. The van der Waals surface area contributed by atoms with Gasteiger partial charge < -0.3 is 20.1 Å². The number of hydrogen-bond donors (Lipinski definition) is 3. The van der Waals surface area contributed by atoms with Crippen molar-refractivity contribution in [1.29, 1.82) is 0 Å². The standard InChI is InChI=1S/C23H29FN2O4/c24-17-12-16-21(25-13-18(23(16)29)30-11-10-19(27)28)20(14-6-4-5-7-14)22(17)26-15-8-2-1-3-9-15/h12-15,26H,1-11H2,(H,25,29)(H,27,28). The number of nitrogens with one attached hydrogen (secondary N) is 2. The van der Waals surface area contributed by atoms with E-state index >= 15 is 4.39 Å². The van der Waals surface area contributed by atoms with Crippen molar-refractivity contribution in [1.82, 2.24) is 4.98 Å². The Labute approximate surface area is 174 Å². The quantitative estimate of drug-likeness (QED) is 0.596. The molecule has 6 nitrogen and oxygen atoms in total. The van der Waals surface area contributed by atoms with Crippen molar-refractivity contribution in [2.45, 2.75) is 76.2 Å². The normalized spacial score (nSPS) is 18.0. The molecule has 162 valence electrons. The fraction of sp³-hybridized carbons (Fsp3) is 0.565. The third-order valence-electron chi connectivity index (χ3n) is 6.42. The molecule has 2 fully saturated rings. The van der Waals surface area contributed by atoms with E-state index in [4.69, 9.17) is 9.84 Å². The van der Waals surface area contributed by atoms with E-state index < -0.39 is 17.2 Å². The van der Waals surface area contributed by atoms with Crippen LogP contribution in [-0.4, -0.2) is 28.7 Å². The van der Waals surface area contributed by atoms with E-state index in [1.165, 1.54) is 18.7 Å². The molecule has 1 aromatic carbocycles. The van der Waals surface area contributed by atoms with Crippen LogP contribution in [0.25, 0.3) is 10.9 Å². The van der Waals surface area contributed by atoms with Crippen molar-refractivity contribution >= 4 is 22.6 Å². The Morgan fingerprint density at radius 1 is 1.17 bits per heavy atom. The molecule has 4 rings (SSSR count). The number of pyridine rings is 1. The minimum atomic E-state index is -1.000. The fourth-order valence-corrected chi connectivity index (χ4v) is 4.92. The zero-order valence-electron chi connectivity index (χ0n) is 17.1. The lowest BCUT2D eigenvalue weighted by molar-refractivity contribution is -0.137. The molecular formula is C23H29FN2O4. The lowest BCUT2D eigenvalue weighted by atomic mass is 9.90. The van der Waals surface area contributed by atoms with Gasteiger partial charge in [0.25, 0.3) is 0 Å². The van der Waals surface area contributed by atoms with Gasteiger partial charge in [-0.05, 0) is 37.7 Å². The number of fused-ring (bicyclic) bond motifs is 1. The third-order valence-corrected chi connectivity index (χ3v) is 6.42. The number of aromatic amines is 1. The highest BCUT2D eigenvalue weighted by Gasteiger charge is 2.28. The molecule has 0 unspecified atom stereocenters. The van der Waals surface area contributed by atoms with Crippen LogP contribution in [0.4, 0.5) is 10.1 Å². The average molecular weight is 416 g/mol. The summed E-state index contributed by atoms with van der Waals surface area (Å²) in [6.07, 6.45) is 11.1. The van der Waals surface area contributed by atoms with Gasteiger partial charge >= 0.3 is 5.97 Å². The van der Waals surface area contributed by atoms with Crippen LogP contribution in [0.5, 0.6) is 5.75 Å². The number of H-pyrrole nitrogens is 1. The Balaban J connectivity index is 1.75. The summed E-state index contributed by atoms with van der Waals surface area (Å²) in [4.78, 5) is 26.8. The fourth-order valence-electron chi connectivity index (χ4n) is 4.92. The Bertz CT molecular complexity index is 975. The van der Waals surface area contributed by atoms with Gasteiger partial charge in [0.2, 0.25) is 5.43 Å². The number of carbonyl (C=O) groups is 1. The van der Waals surface area contributed by atoms with Gasteiger partial charge in [-0.1, -0.05) is 32.1 Å². The summed E-state index contributed by atoms with van der Waals surface area (Å²) in [6, 6.07) is 1.55. The first-order chi connectivity index (χ1) is 14.5. The first kappa shape index (κ1) is 20.7. The number of aliphatic carboxylic acids is 1. The number of aromatic nitrogens is 1. The van der Waals surface area contributed by atoms with Crippen LogP contribution in [-0.2, 0) is 4.79 Å². The maximum absolute atomic E-state index is 15.3. The van der Waals surface area contributed by atoms with Crippen LogP contribution in [0, 0.1) is 5.82 Å². The topological polar surface area (TPSA) is 91.4 Å². The van der Waals surface area contributed by atoms with E-state index in [9.17, 15) is 9.59 Å². The molecule has 0 amide bonds. The largest absolute Gasteiger partial charge is 0.487 e. The molecule has 0 spiro atoms. The summed E-state index contributed by atoms with van der Waals surface area (Å²) in [6.45, 7) is -0.108. The van der Waals surface area contributed by atoms with E-state index in [1.807, 2.05) is 0 Å². The lowest BCUT2D eigenvalue weighted by Gasteiger charge is -2.27. The van der Waals surface area contributed by atoms with Crippen molar-refractivity contribution in [3.8, 4) is 5.75 Å². The van der Waals surface area contributed by atoms with Gasteiger partial charge in [0.15, 0.2) is 5.75 Å². The smallest absolute Gasteiger partial charge is 0.306 e. The van der Waals surface area contributed by atoms with Gasteiger partial charge in [-0.25, -0.2) is 4.39 Å². The van der Waals surface area contributed by atoms with Crippen molar-refractivity contribution in [3.05, 3.63) is 33.9 Å². The van der Waals surface area contributed by atoms with E-state index in [0.29, 0.717) is 11.2 Å². The van der Waals surface area contributed by atoms with Gasteiger partial charge in [-0.3, -0.25) is 9.59 Å². The van der Waals surface area contributed by atoms with Gasteiger partial charge in [-0.2, -0.15) is 0 Å². The number of anilines is 1. The Kier molecular flexibility index (Phi) is 6.25. The Hall–Kier alpha value is -2.57. The summed E-state index contributed by atoms with van der Waals surface area (Å²) in [5.74, 6) is -1.17. The molecule has 2 saturated carbocycles. The van der Waals surface area contributed by atoms with Crippen LogP contribution >= 0.6 is 0 Å². The van der Waals surface area contributed by atoms with Crippen molar-refractivity contribution in [2.24, 2.45) is 0 Å². The molecule has 30 heavy (non-hydrogen) atoms. The monoisotopic (exact) mass is 416 g/mol. The minimum Gasteiger partial charge on any atom is -0.487 e. The minimum absolute atomic E-state index is 0.0218. The predicted octanol–water partition coefficient (Wildman–Crippen LogP) is 4.92. The maximum atomic E-state index is 15.3. The first-order valence-corrected chi connectivity index (χ1v) is 11.0. The third kappa shape index (κ3) is 4.30. The van der Waals surface area contributed by atoms with E-state index in [2.05, 4.69) is 10.3 Å². The predicted molar refractivity (Wildman–Crippen MR) is 114 cm³/mol. The molecule has 3 N–H and O–H groups in total. The second-order valence-electron chi connectivity index (χ2n) is 8.50. The van der Waals surface area contributed by atoms with Crippen LogP contribution in [0.15, 0.2) is 17.1 Å². The molecule has 7 heteroatoms. The van der Waals surface area contributed by atoms with Crippen LogP contribution in [0.2, 0.25) is 0 Å². The second-order valence-corrected chi connectivity index (χ2v) is 8.50. The highest BCUT2D eigenvalue weighted by Crippen LogP contribution is 2.42. The Morgan fingerprint density at radius 3 is 2.57 bits per heavy atom. The highest BCUT2D eigenvalue weighted by molar-refractivity contribution is 5.88. The average Bonchev–Trinajstić information content (AvgIpc) is 3.26. The van der Waals surface area contributed by atoms with E-state index in [-0.39, 0.29) is 36.1 Å². The number of rotatable bonds is 7. The summed E-state index contributed by atoms with van der Waals surface area (Å²) in [5, 5.41) is 12.5. The van der Waals surface area contributed by atoms with Crippen molar-refractivity contribution in [3.63, 3.8) is 0 Å². The number of ether oxygens (including phenoxy) is 1. The van der Waals surface area contributed by atoms with E-state index in [1.54, 1.807) is 0 Å². The van der Waals surface area contributed by atoms with Gasteiger partial charge in [0, 0.05) is 17.8 Å². The number of hydrogen-bond acceptors (Lipinski definition) is 4. The van der Waals surface area contributed by atoms with Crippen molar-refractivity contribution < 1.29 is 19.0 Å². The second kappa shape index (κ2) is 9.06.